The van der Waals surface area contributed by atoms with E-state index < -0.39 is 0 Å². The number of benzene rings is 2. The minimum Gasteiger partial charge on any atom is -0.489 e. The first-order chi connectivity index (χ1) is 9.19. The molecule has 3 N–H and O–H groups in total. The van der Waals surface area contributed by atoms with Crippen LogP contribution in [0.1, 0.15) is 16.7 Å². The lowest BCUT2D eigenvalue weighted by atomic mass is 10.1. The summed E-state index contributed by atoms with van der Waals surface area (Å²) < 4.78 is 5.69. The second kappa shape index (κ2) is 5.91. The average Bonchev–Trinajstić information content (AvgIpc) is 2.45. The topological polar surface area (TPSA) is 67.8 Å². The molecule has 0 unspecified atom stereocenters. The first kappa shape index (κ1) is 13.0. The van der Waals surface area contributed by atoms with E-state index in [0.29, 0.717) is 17.9 Å². The quantitative estimate of drug-likeness (QED) is 0.382. The maximum absolute atomic E-state index is 8.64. The molecule has 0 spiro atoms. The van der Waals surface area contributed by atoms with E-state index in [1.54, 1.807) is 18.2 Å². The third-order valence-electron chi connectivity index (χ3n) is 2.73. The molecule has 0 saturated carbocycles. The lowest BCUT2D eigenvalue weighted by Crippen LogP contribution is -2.12. The molecule has 0 saturated heterocycles. The van der Waals surface area contributed by atoms with E-state index in [4.69, 9.17) is 15.7 Å². The molecule has 4 heteroatoms. The highest BCUT2D eigenvalue weighted by atomic mass is 16.5. The van der Waals surface area contributed by atoms with Gasteiger partial charge in [-0.15, -0.1) is 0 Å². The van der Waals surface area contributed by atoms with Crippen LogP contribution in [0.5, 0.6) is 5.75 Å². The van der Waals surface area contributed by atoms with Crippen LogP contribution >= 0.6 is 0 Å². The van der Waals surface area contributed by atoms with Gasteiger partial charge in [-0.25, -0.2) is 0 Å². The number of nitrogens with two attached hydrogens (primary N) is 1. The SMILES string of the molecule is Cc1cccc(COc2cccc(/C(N)=N/O)c2)c1. The van der Waals surface area contributed by atoms with Gasteiger partial charge in [-0.3, -0.25) is 0 Å². The molecule has 2 rings (SSSR count). The van der Waals surface area contributed by atoms with Crippen molar-refractivity contribution in [3.63, 3.8) is 0 Å². The summed E-state index contributed by atoms with van der Waals surface area (Å²) in [6.07, 6.45) is 0. The monoisotopic (exact) mass is 256 g/mol. The highest BCUT2D eigenvalue weighted by molar-refractivity contribution is 5.97. The Bertz CT molecular complexity index is 594. The number of rotatable bonds is 4. The zero-order chi connectivity index (χ0) is 13.7. The van der Waals surface area contributed by atoms with Gasteiger partial charge < -0.3 is 15.7 Å². The van der Waals surface area contributed by atoms with E-state index in [-0.39, 0.29) is 5.84 Å². The second-order valence-corrected chi connectivity index (χ2v) is 4.29. The lowest BCUT2D eigenvalue weighted by Gasteiger charge is -2.08. The summed E-state index contributed by atoms with van der Waals surface area (Å²) in [6, 6.07) is 15.3. The van der Waals surface area contributed by atoms with Crippen molar-refractivity contribution in [2.45, 2.75) is 13.5 Å². The van der Waals surface area contributed by atoms with Crippen molar-refractivity contribution in [2.75, 3.05) is 0 Å². The number of nitrogens with zero attached hydrogens (tertiary/aromatic N) is 1. The fraction of sp³-hybridized carbons (Fsp3) is 0.133. The molecule has 2 aromatic carbocycles. The summed E-state index contributed by atoms with van der Waals surface area (Å²) in [5.41, 5.74) is 8.47. The van der Waals surface area contributed by atoms with E-state index in [0.717, 1.165) is 5.56 Å². The summed E-state index contributed by atoms with van der Waals surface area (Å²) in [4.78, 5) is 0. The van der Waals surface area contributed by atoms with E-state index in [1.165, 1.54) is 5.56 Å². The average molecular weight is 256 g/mol. The maximum atomic E-state index is 8.64. The molecule has 4 nitrogen and oxygen atoms in total. The van der Waals surface area contributed by atoms with E-state index >= 15 is 0 Å². The van der Waals surface area contributed by atoms with Crippen molar-refractivity contribution >= 4 is 5.84 Å². The van der Waals surface area contributed by atoms with Crippen molar-refractivity contribution in [3.05, 3.63) is 65.2 Å². The summed E-state index contributed by atoms with van der Waals surface area (Å²) in [5, 5.41) is 11.6. The molecule has 0 atom stereocenters. The number of ether oxygens (including phenoxy) is 1. The van der Waals surface area contributed by atoms with Crippen LogP contribution in [0.3, 0.4) is 0 Å². The Morgan fingerprint density at radius 3 is 2.74 bits per heavy atom. The normalized spacial score (nSPS) is 11.3. The maximum Gasteiger partial charge on any atom is 0.170 e. The molecule has 0 aliphatic rings. The molecular weight excluding hydrogens is 240 g/mol. The van der Waals surface area contributed by atoms with E-state index in [1.807, 2.05) is 31.2 Å². The predicted octanol–water partition coefficient (Wildman–Crippen LogP) is 2.67. The molecule has 0 aliphatic heterocycles. The van der Waals surface area contributed by atoms with Crippen LogP contribution in [0.25, 0.3) is 0 Å². The lowest BCUT2D eigenvalue weighted by molar-refractivity contribution is 0.306. The zero-order valence-corrected chi connectivity index (χ0v) is 10.7. The molecule has 0 fully saturated rings. The Morgan fingerprint density at radius 1 is 1.21 bits per heavy atom. The number of amidine groups is 1. The molecular formula is C15H16N2O2. The number of oxime groups is 1. The third kappa shape index (κ3) is 3.48. The minimum atomic E-state index is 0.0704. The van der Waals surface area contributed by atoms with Gasteiger partial charge in [0.2, 0.25) is 0 Å². The summed E-state index contributed by atoms with van der Waals surface area (Å²) >= 11 is 0. The molecule has 0 bridgehead atoms. The van der Waals surface area contributed by atoms with Crippen LogP contribution in [0.15, 0.2) is 53.7 Å². The van der Waals surface area contributed by atoms with Crippen LogP contribution < -0.4 is 10.5 Å². The highest BCUT2D eigenvalue weighted by Crippen LogP contribution is 2.15. The Labute approximate surface area is 112 Å². The van der Waals surface area contributed by atoms with Gasteiger partial charge in [-0.05, 0) is 24.6 Å². The largest absolute Gasteiger partial charge is 0.489 e. The summed E-state index contributed by atoms with van der Waals surface area (Å²) in [7, 11) is 0. The van der Waals surface area contributed by atoms with Gasteiger partial charge in [-0.2, -0.15) is 0 Å². The molecule has 0 amide bonds. The Kier molecular flexibility index (Phi) is 4.03. The van der Waals surface area contributed by atoms with Gasteiger partial charge in [0.1, 0.15) is 12.4 Å². The van der Waals surface area contributed by atoms with Gasteiger partial charge in [0.25, 0.3) is 0 Å². The van der Waals surface area contributed by atoms with Gasteiger partial charge in [0.05, 0.1) is 0 Å². The van der Waals surface area contributed by atoms with Crippen molar-refractivity contribution in [3.8, 4) is 5.75 Å². The van der Waals surface area contributed by atoms with Gasteiger partial charge in [0, 0.05) is 5.56 Å². The fourth-order valence-corrected chi connectivity index (χ4v) is 1.77. The predicted molar refractivity (Wildman–Crippen MR) is 74.5 cm³/mol. The highest BCUT2D eigenvalue weighted by Gasteiger charge is 2.02. The fourth-order valence-electron chi connectivity index (χ4n) is 1.77. The van der Waals surface area contributed by atoms with E-state index in [9.17, 15) is 0 Å². The molecule has 2 aromatic rings. The number of aryl methyl sites for hydroxylation is 1. The van der Waals surface area contributed by atoms with Crippen molar-refractivity contribution in [1.29, 1.82) is 0 Å². The second-order valence-electron chi connectivity index (χ2n) is 4.29. The molecule has 0 aliphatic carbocycles. The van der Waals surface area contributed by atoms with Crippen LogP contribution in [-0.4, -0.2) is 11.0 Å². The summed E-state index contributed by atoms with van der Waals surface area (Å²) in [6.45, 7) is 2.53. The van der Waals surface area contributed by atoms with Crippen molar-refractivity contribution < 1.29 is 9.94 Å². The molecule has 98 valence electrons. The van der Waals surface area contributed by atoms with Crippen molar-refractivity contribution in [2.24, 2.45) is 10.9 Å². The van der Waals surface area contributed by atoms with Crippen LogP contribution in [-0.2, 0) is 6.61 Å². The van der Waals surface area contributed by atoms with Gasteiger partial charge in [0.15, 0.2) is 5.84 Å². The first-order valence-electron chi connectivity index (χ1n) is 5.95. The van der Waals surface area contributed by atoms with Gasteiger partial charge in [-0.1, -0.05) is 47.1 Å². The Hall–Kier alpha value is -2.49. The smallest absolute Gasteiger partial charge is 0.170 e. The summed E-state index contributed by atoms with van der Waals surface area (Å²) in [5.74, 6) is 0.756. The minimum absolute atomic E-state index is 0.0704. The standard InChI is InChI=1S/C15H16N2O2/c1-11-4-2-5-12(8-11)10-19-14-7-3-6-13(9-14)15(16)17-18/h2-9,18H,10H2,1H3,(H2,16,17). The van der Waals surface area contributed by atoms with E-state index in [2.05, 4.69) is 11.2 Å². The van der Waals surface area contributed by atoms with Crippen LogP contribution in [0, 0.1) is 6.92 Å². The Morgan fingerprint density at radius 2 is 2.00 bits per heavy atom. The molecule has 0 aromatic heterocycles. The van der Waals surface area contributed by atoms with Crippen LogP contribution in [0.4, 0.5) is 0 Å². The number of hydrogen-bond donors (Lipinski definition) is 2. The number of hydrogen-bond acceptors (Lipinski definition) is 3. The van der Waals surface area contributed by atoms with Crippen molar-refractivity contribution in [1.82, 2.24) is 0 Å². The Balaban J connectivity index is 2.08. The van der Waals surface area contributed by atoms with Gasteiger partial charge >= 0.3 is 0 Å². The first-order valence-corrected chi connectivity index (χ1v) is 5.95. The zero-order valence-electron chi connectivity index (χ0n) is 10.7. The third-order valence-corrected chi connectivity index (χ3v) is 2.73. The van der Waals surface area contributed by atoms with Crippen LogP contribution in [0.2, 0.25) is 0 Å². The molecule has 0 heterocycles. The molecule has 0 radical (unpaired) electrons. The molecule has 19 heavy (non-hydrogen) atoms.